The number of carbonyl (C=O) groups excluding carboxylic acids is 1. The average Bonchev–Trinajstić information content (AvgIpc) is 3.19. The van der Waals surface area contributed by atoms with E-state index in [1.165, 1.54) is 6.20 Å². The van der Waals surface area contributed by atoms with Gasteiger partial charge in [0.05, 0.1) is 12.6 Å². The Balaban J connectivity index is 1.66. The maximum absolute atomic E-state index is 12.6. The van der Waals surface area contributed by atoms with E-state index in [0.717, 1.165) is 30.0 Å². The normalized spacial score (nSPS) is 18.8. The second-order valence-electron chi connectivity index (χ2n) is 5.86. The number of likely N-dealkylation sites (tertiary alicyclic amines) is 1. The number of alkyl halides is 3. The van der Waals surface area contributed by atoms with Gasteiger partial charge in [-0.3, -0.25) is 14.2 Å². The average molecular weight is 341 g/mol. The first-order chi connectivity index (χ1) is 11.4. The van der Waals surface area contributed by atoms with Crippen LogP contribution >= 0.6 is 0 Å². The zero-order valence-electron chi connectivity index (χ0n) is 13.0. The number of rotatable bonds is 4. The lowest BCUT2D eigenvalue weighted by Crippen LogP contribution is -2.47. The SMILES string of the molecule is O=C(Cn1ccc(C(F)(F)F)n1)N1CCCCC1Cn1cccn1. The van der Waals surface area contributed by atoms with Crippen molar-refractivity contribution in [2.45, 2.75) is 44.6 Å². The molecule has 1 fully saturated rings. The maximum atomic E-state index is 12.6. The first-order valence-electron chi connectivity index (χ1n) is 7.81. The highest BCUT2D eigenvalue weighted by atomic mass is 19.4. The highest BCUT2D eigenvalue weighted by Gasteiger charge is 2.34. The fourth-order valence-electron chi connectivity index (χ4n) is 2.97. The standard InChI is InChI=1S/C15H18F3N5O/c16-15(17,18)13-5-9-22(20-13)11-14(24)23-8-2-1-4-12(23)10-21-7-3-6-19-21/h3,5-7,9,12H,1-2,4,8,10-11H2. The van der Waals surface area contributed by atoms with Crippen LogP contribution in [0.4, 0.5) is 13.2 Å². The third kappa shape index (κ3) is 3.77. The van der Waals surface area contributed by atoms with Crippen LogP contribution < -0.4 is 0 Å². The van der Waals surface area contributed by atoms with E-state index < -0.39 is 11.9 Å². The molecule has 0 spiro atoms. The number of halogens is 3. The van der Waals surface area contributed by atoms with E-state index in [1.807, 2.05) is 12.3 Å². The zero-order valence-corrected chi connectivity index (χ0v) is 13.0. The minimum absolute atomic E-state index is 0.00352. The minimum Gasteiger partial charge on any atom is -0.336 e. The fraction of sp³-hybridized carbons (Fsp3) is 0.533. The van der Waals surface area contributed by atoms with E-state index in [1.54, 1.807) is 15.8 Å². The monoisotopic (exact) mass is 341 g/mol. The summed E-state index contributed by atoms with van der Waals surface area (Å²) in [5.41, 5.74) is -0.984. The summed E-state index contributed by atoms with van der Waals surface area (Å²) in [7, 11) is 0. The third-order valence-corrected chi connectivity index (χ3v) is 4.13. The lowest BCUT2D eigenvalue weighted by molar-refractivity contribution is -0.142. The molecule has 3 heterocycles. The van der Waals surface area contributed by atoms with Crippen molar-refractivity contribution in [3.8, 4) is 0 Å². The molecule has 1 atom stereocenters. The molecule has 2 aromatic rings. The molecule has 24 heavy (non-hydrogen) atoms. The van der Waals surface area contributed by atoms with Crippen molar-refractivity contribution in [2.75, 3.05) is 6.54 Å². The summed E-state index contributed by atoms with van der Waals surface area (Å²) in [6.07, 6.45) is 2.98. The van der Waals surface area contributed by atoms with Gasteiger partial charge in [-0.1, -0.05) is 0 Å². The number of amides is 1. The lowest BCUT2D eigenvalue weighted by Gasteiger charge is -2.35. The Morgan fingerprint density at radius 3 is 2.75 bits per heavy atom. The highest BCUT2D eigenvalue weighted by molar-refractivity contribution is 5.76. The van der Waals surface area contributed by atoms with Crippen LogP contribution in [0.3, 0.4) is 0 Å². The Bertz CT molecular complexity index is 680. The molecular formula is C15H18F3N5O. The highest BCUT2D eigenvalue weighted by Crippen LogP contribution is 2.27. The lowest BCUT2D eigenvalue weighted by atomic mass is 10.0. The molecule has 1 amide bonds. The summed E-state index contributed by atoms with van der Waals surface area (Å²) in [5.74, 6) is -0.219. The van der Waals surface area contributed by atoms with Crippen molar-refractivity contribution in [2.24, 2.45) is 0 Å². The summed E-state index contributed by atoms with van der Waals surface area (Å²) in [5, 5.41) is 7.60. The van der Waals surface area contributed by atoms with E-state index in [2.05, 4.69) is 10.2 Å². The second-order valence-corrected chi connectivity index (χ2v) is 5.86. The van der Waals surface area contributed by atoms with Crippen LogP contribution in [0.15, 0.2) is 30.7 Å². The predicted octanol–water partition coefficient (Wildman–Crippen LogP) is 2.18. The zero-order chi connectivity index (χ0) is 17.2. The van der Waals surface area contributed by atoms with Crippen LogP contribution in [0, 0.1) is 0 Å². The Kier molecular flexibility index (Phi) is 4.59. The molecule has 0 bridgehead atoms. The number of piperidine rings is 1. The molecule has 0 saturated carbocycles. The van der Waals surface area contributed by atoms with Gasteiger partial charge >= 0.3 is 6.18 Å². The summed E-state index contributed by atoms with van der Waals surface area (Å²) in [4.78, 5) is 14.3. The minimum atomic E-state index is -4.50. The summed E-state index contributed by atoms with van der Waals surface area (Å²) in [6.45, 7) is 1.01. The first-order valence-corrected chi connectivity index (χ1v) is 7.81. The molecule has 130 valence electrons. The Morgan fingerprint density at radius 1 is 1.25 bits per heavy atom. The molecule has 0 aromatic carbocycles. The molecule has 0 N–H and O–H groups in total. The van der Waals surface area contributed by atoms with E-state index in [-0.39, 0.29) is 18.5 Å². The third-order valence-electron chi connectivity index (χ3n) is 4.13. The first kappa shape index (κ1) is 16.5. The van der Waals surface area contributed by atoms with Gasteiger partial charge in [-0.25, -0.2) is 0 Å². The van der Waals surface area contributed by atoms with Crippen molar-refractivity contribution in [3.63, 3.8) is 0 Å². The molecule has 0 radical (unpaired) electrons. The predicted molar refractivity (Wildman–Crippen MR) is 78.8 cm³/mol. The molecule has 1 unspecified atom stereocenters. The summed E-state index contributed by atoms with van der Waals surface area (Å²) in [6, 6.07) is 2.70. The Hall–Kier alpha value is -2.32. The van der Waals surface area contributed by atoms with Gasteiger partial charge in [-0.15, -0.1) is 0 Å². The van der Waals surface area contributed by atoms with E-state index in [4.69, 9.17) is 0 Å². The fourth-order valence-corrected chi connectivity index (χ4v) is 2.97. The van der Waals surface area contributed by atoms with Crippen LogP contribution in [0.5, 0.6) is 0 Å². The van der Waals surface area contributed by atoms with Crippen molar-refractivity contribution >= 4 is 5.91 Å². The molecule has 9 heteroatoms. The largest absolute Gasteiger partial charge is 0.435 e. The smallest absolute Gasteiger partial charge is 0.336 e. The van der Waals surface area contributed by atoms with Crippen LogP contribution in [-0.2, 0) is 24.1 Å². The summed E-state index contributed by atoms with van der Waals surface area (Å²) < 4.78 is 40.6. The summed E-state index contributed by atoms with van der Waals surface area (Å²) >= 11 is 0. The van der Waals surface area contributed by atoms with E-state index in [0.29, 0.717) is 13.1 Å². The number of hydrogen-bond donors (Lipinski definition) is 0. The molecule has 2 aromatic heterocycles. The number of hydrogen-bond acceptors (Lipinski definition) is 3. The number of nitrogens with zero attached hydrogens (tertiary/aromatic N) is 5. The second kappa shape index (κ2) is 6.66. The van der Waals surface area contributed by atoms with Crippen LogP contribution in [0.1, 0.15) is 25.0 Å². The molecular weight excluding hydrogens is 323 g/mol. The van der Waals surface area contributed by atoms with Crippen molar-refractivity contribution in [3.05, 3.63) is 36.4 Å². The quantitative estimate of drug-likeness (QED) is 0.856. The molecule has 3 rings (SSSR count). The van der Waals surface area contributed by atoms with Crippen molar-refractivity contribution < 1.29 is 18.0 Å². The molecule has 6 nitrogen and oxygen atoms in total. The molecule has 1 aliphatic heterocycles. The van der Waals surface area contributed by atoms with Gasteiger partial charge < -0.3 is 4.90 Å². The van der Waals surface area contributed by atoms with Gasteiger partial charge in [0.1, 0.15) is 6.54 Å². The van der Waals surface area contributed by atoms with Gasteiger partial charge in [0.2, 0.25) is 5.91 Å². The van der Waals surface area contributed by atoms with Crippen LogP contribution in [-0.4, -0.2) is 43.0 Å². The van der Waals surface area contributed by atoms with Gasteiger partial charge in [0.15, 0.2) is 5.69 Å². The topological polar surface area (TPSA) is 56.0 Å². The number of carbonyl (C=O) groups is 1. The van der Waals surface area contributed by atoms with Crippen LogP contribution in [0.2, 0.25) is 0 Å². The number of aromatic nitrogens is 4. The van der Waals surface area contributed by atoms with Gasteiger partial charge in [0, 0.05) is 25.1 Å². The molecule has 1 saturated heterocycles. The molecule has 1 aliphatic rings. The van der Waals surface area contributed by atoms with Crippen molar-refractivity contribution in [1.29, 1.82) is 0 Å². The van der Waals surface area contributed by atoms with E-state index >= 15 is 0 Å². The maximum Gasteiger partial charge on any atom is 0.435 e. The van der Waals surface area contributed by atoms with Gasteiger partial charge in [-0.2, -0.15) is 23.4 Å². The van der Waals surface area contributed by atoms with Crippen molar-refractivity contribution in [1.82, 2.24) is 24.5 Å². The Morgan fingerprint density at radius 2 is 2.08 bits per heavy atom. The van der Waals surface area contributed by atoms with Gasteiger partial charge in [-0.05, 0) is 31.4 Å². The van der Waals surface area contributed by atoms with E-state index in [9.17, 15) is 18.0 Å². The molecule has 0 aliphatic carbocycles. The van der Waals surface area contributed by atoms with Crippen LogP contribution in [0.25, 0.3) is 0 Å². The Labute approximate surface area is 136 Å². The van der Waals surface area contributed by atoms with Gasteiger partial charge in [0.25, 0.3) is 0 Å².